The first-order valence-electron chi connectivity index (χ1n) is 10.6. The van der Waals surface area contributed by atoms with E-state index in [4.69, 9.17) is 30.5 Å². The molecular formula is C26H23ClO5. The minimum Gasteiger partial charge on any atom is -0.497 e. The van der Waals surface area contributed by atoms with Gasteiger partial charge in [-0.3, -0.25) is 4.79 Å². The lowest BCUT2D eigenvalue weighted by atomic mass is 9.62. The number of halogens is 1. The Balaban J connectivity index is 1.68. The summed E-state index contributed by atoms with van der Waals surface area (Å²) < 4.78 is 22.4. The van der Waals surface area contributed by atoms with Crippen molar-refractivity contribution in [1.29, 1.82) is 0 Å². The Morgan fingerprint density at radius 3 is 2.34 bits per heavy atom. The normalized spacial score (nSPS) is 21.1. The Bertz CT molecular complexity index is 1160. The zero-order valence-corrected chi connectivity index (χ0v) is 18.6. The molecular weight excluding hydrogens is 428 g/mol. The maximum absolute atomic E-state index is 13.6. The lowest BCUT2D eigenvalue weighted by molar-refractivity contribution is -0.144. The summed E-state index contributed by atoms with van der Waals surface area (Å²) in [5.74, 6) is 2.13. The van der Waals surface area contributed by atoms with Gasteiger partial charge in [0.2, 0.25) is 6.79 Å². The number of esters is 1. The average molecular weight is 451 g/mol. The summed E-state index contributed by atoms with van der Waals surface area (Å²) >= 11 is 6.16. The van der Waals surface area contributed by atoms with Gasteiger partial charge < -0.3 is 18.9 Å². The molecule has 2 aliphatic rings. The van der Waals surface area contributed by atoms with Crippen molar-refractivity contribution in [3.05, 3.63) is 82.4 Å². The van der Waals surface area contributed by atoms with Crippen LogP contribution in [0.15, 0.2) is 60.7 Å². The molecule has 3 aromatic carbocycles. The van der Waals surface area contributed by atoms with Gasteiger partial charge in [-0.05, 0) is 54.3 Å². The molecule has 0 aliphatic carbocycles. The van der Waals surface area contributed by atoms with Crippen LogP contribution in [-0.4, -0.2) is 19.9 Å². The molecule has 0 saturated heterocycles. The molecule has 5 nitrogen and oxygen atoms in total. The highest BCUT2D eigenvalue weighted by Crippen LogP contribution is 2.53. The molecule has 0 amide bonds. The van der Waals surface area contributed by atoms with Gasteiger partial charge in [0.15, 0.2) is 11.5 Å². The van der Waals surface area contributed by atoms with Gasteiger partial charge in [-0.25, -0.2) is 0 Å². The Morgan fingerprint density at radius 2 is 1.69 bits per heavy atom. The van der Waals surface area contributed by atoms with Gasteiger partial charge in [0.05, 0.1) is 7.11 Å². The largest absolute Gasteiger partial charge is 0.497 e. The second kappa shape index (κ2) is 8.06. The second-order valence-electron chi connectivity index (χ2n) is 8.07. The number of fused-ring (bicyclic) bond motifs is 2. The lowest BCUT2D eigenvalue weighted by Crippen LogP contribution is -2.48. The fraction of sp³-hybridized carbons (Fsp3) is 0.269. The first kappa shape index (κ1) is 20.7. The van der Waals surface area contributed by atoms with Crippen LogP contribution in [0.3, 0.4) is 0 Å². The Labute approximate surface area is 191 Å². The SMILES string of the molecule is CC[C@]1(c2ccc(Cl)cc2)C(=O)Oc2cc3c(cc2[C@@H]1Cc1ccc(OC)cc1)OCO3. The second-order valence-corrected chi connectivity index (χ2v) is 8.51. The van der Waals surface area contributed by atoms with Gasteiger partial charge in [0.1, 0.15) is 16.9 Å². The number of hydrogen-bond acceptors (Lipinski definition) is 5. The first-order valence-corrected chi connectivity index (χ1v) is 11.0. The molecule has 0 N–H and O–H groups in total. The topological polar surface area (TPSA) is 54.0 Å². The number of carbonyl (C=O) groups is 1. The molecule has 6 heteroatoms. The summed E-state index contributed by atoms with van der Waals surface area (Å²) in [5, 5.41) is 0.625. The number of benzene rings is 3. The van der Waals surface area contributed by atoms with E-state index in [0.717, 1.165) is 22.4 Å². The fourth-order valence-corrected chi connectivity index (χ4v) is 4.97. The van der Waals surface area contributed by atoms with Crippen molar-refractivity contribution >= 4 is 17.6 Å². The maximum atomic E-state index is 13.6. The fourth-order valence-electron chi connectivity index (χ4n) is 4.84. The van der Waals surface area contributed by atoms with Crippen LogP contribution in [0.5, 0.6) is 23.0 Å². The summed E-state index contributed by atoms with van der Waals surface area (Å²) in [6.07, 6.45) is 1.21. The molecule has 32 heavy (non-hydrogen) atoms. The quantitative estimate of drug-likeness (QED) is 0.370. The van der Waals surface area contributed by atoms with Crippen molar-refractivity contribution in [3.8, 4) is 23.0 Å². The molecule has 2 aliphatic heterocycles. The van der Waals surface area contributed by atoms with Gasteiger partial charge in [-0.2, -0.15) is 0 Å². The van der Waals surface area contributed by atoms with Crippen molar-refractivity contribution < 1.29 is 23.7 Å². The predicted molar refractivity (Wildman–Crippen MR) is 121 cm³/mol. The molecule has 2 atom stereocenters. The van der Waals surface area contributed by atoms with Gasteiger partial charge in [0.25, 0.3) is 0 Å². The molecule has 0 spiro atoms. The number of hydrogen-bond donors (Lipinski definition) is 0. The van der Waals surface area contributed by atoms with Gasteiger partial charge in [0, 0.05) is 22.6 Å². The van der Waals surface area contributed by atoms with Crippen LogP contribution in [0, 0.1) is 0 Å². The van der Waals surface area contributed by atoms with Crippen molar-refractivity contribution in [2.75, 3.05) is 13.9 Å². The summed E-state index contributed by atoms with van der Waals surface area (Å²) in [4.78, 5) is 13.6. The summed E-state index contributed by atoms with van der Waals surface area (Å²) in [6, 6.07) is 19.2. The van der Waals surface area contributed by atoms with E-state index in [-0.39, 0.29) is 18.7 Å². The lowest BCUT2D eigenvalue weighted by Gasteiger charge is -2.43. The van der Waals surface area contributed by atoms with E-state index in [9.17, 15) is 4.79 Å². The number of rotatable bonds is 5. The molecule has 0 radical (unpaired) electrons. The van der Waals surface area contributed by atoms with Gasteiger partial charge >= 0.3 is 5.97 Å². The van der Waals surface area contributed by atoms with E-state index in [1.54, 1.807) is 13.2 Å². The highest BCUT2D eigenvalue weighted by Gasteiger charge is 2.52. The smallest absolute Gasteiger partial charge is 0.322 e. The highest BCUT2D eigenvalue weighted by molar-refractivity contribution is 6.30. The van der Waals surface area contributed by atoms with E-state index < -0.39 is 5.41 Å². The summed E-state index contributed by atoms with van der Waals surface area (Å²) in [7, 11) is 1.65. The number of methoxy groups -OCH3 is 1. The van der Waals surface area contributed by atoms with Crippen LogP contribution in [0.25, 0.3) is 0 Å². The monoisotopic (exact) mass is 450 g/mol. The van der Waals surface area contributed by atoms with Crippen molar-refractivity contribution in [1.82, 2.24) is 0 Å². The molecule has 0 aromatic heterocycles. The van der Waals surface area contributed by atoms with Crippen LogP contribution in [0.2, 0.25) is 5.02 Å². The molecule has 3 aromatic rings. The van der Waals surface area contributed by atoms with Gasteiger partial charge in [-0.1, -0.05) is 42.8 Å². The minimum atomic E-state index is -0.870. The molecule has 2 heterocycles. The standard InChI is InChI=1S/C26H23ClO5/c1-3-26(17-6-8-18(27)9-7-17)21(12-16-4-10-19(29-2)11-5-16)20-13-23-24(31-15-30-23)14-22(20)32-25(26)28/h4-11,13-14,21H,3,12,15H2,1-2H3/t21-,26+/m0/s1. The highest BCUT2D eigenvalue weighted by atomic mass is 35.5. The maximum Gasteiger partial charge on any atom is 0.322 e. The van der Waals surface area contributed by atoms with Crippen LogP contribution < -0.4 is 18.9 Å². The van der Waals surface area contributed by atoms with Crippen LogP contribution in [0.1, 0.15) is 36.0 Å². The van der Waals surface area contributed by atoms with Crippen molar-refractivity contribution in [2.24, 2.45) is 0 Å². The van der Waals surface area contributed by atoms with Crippen LogP contribution in [-0.2, 0) is 16.6 Å². The van der Waals surface area contributed by atoms with E-state index in [1.165, 1.54) is 0 Å². The van der Waals surface area contributed by atoms with Gasteiger partial charge in [-0.15, -0.1) is 0 Å². The molecule has 0 bridgehead atoms. The van der Waals surface area contributed by atoms with E-state index in [1.807, 2.05) is 61.5 Å². The Hall–Kier alpha value is -3.18. The molecule has 0 fully saturated rings. The number of carbonyl (C=O) groups excluding carboxylic acids is 1. The van der Waals surface area contributed by atoms with E-state index >= 15 is 0 Å². The molecule has 164 valence electrons. The van der Waals surface area contributed by atoms with E-state index in [2.05, 4.69) is 0 Å². The van der Waals surface area contributed by atoms with Crippen LogP contribution in [0.4, 0.5) is 0 Å². The zero-order valence-electron chi connectivity index (χ0n) is 17.9. The average Bonchev–Trinajstić information content (AvgIpc) is 3.27. The molecule has 0 unspecified atom stereocenters. The third-order valence-corrected chi connectivity index (χ3v) is 6.81. The Morgan fingerprint density at radius 1 is 1.00 bits per heavy atom. The summed E-state index contributed by atoms with van der Waals surface area (Å²) in [5.41, 5.74) is 2.05. The van der Waals surface area contributed by atoms with Crippen molar-refractivity contribution in [3.63, 3.8) is 0 Å². The Kier molecular flexibility index (Phi) is 5.22. The third kappa shape index (κ3) is 3.28. The molecule has 0 saturated carbocycles. The predicted octanol–water partition coefficient (Wildman–Crippen LogP) is 5.67. The van der Waals surface area contributed by atoms with Crippen LogP contribution >= 0.6 is 11.6 Å². The molecule has 5 rings (SSSR count). The van der Waals surface area contributed by atoms with Crippen molar-refractivity contribution in [2.45, 2.75) is 31.1 Å². The van der Waals surface area contributed by atoms with E-state index in [0.29, 0.717) is 35.1 Å². The summed E-state index contributed by atoms with van der Waals surface area (Å²) in [6.45, 7) is 2.18. The minimum absolute atomic E-state index is 0.158. The third-order valence-electron chi connectivity index (χ3n) is 6.56. The number of ether oxygens (including phenoxy) is 4. The first-order chi connectivity index (χ1) is 15.5. The zero-order chi connectivity index (χ0) is 22.3.